The number of hydrogen-bond donors (Lipinski definition) is 1. The van der Waals surface area contributed by atoms with Crippen molar-refractivity contribution < 1.29 is 4.74 Å². The third kappa shape index (κ3) is 2.53. The second-order valence-corrected chi connectivity index (χ2v) is 4.99. The molecule has 2 rings (SSSR count). The number of rotatable bonds is 3. The first kappa shape index (κ1) is 11.8. The molecule has 0 amide bonds. The van der Waals surface area contributed by atoms with E-state index < -0.39 is 0 Å². The molecule has 1 N–H and O–H groups in total. The van der Waals surface area contributed by atoms with Crippen molar-refractivity contribution in [2.45, 2.75) is 23.7 Å². The number of nitrogens with one attached hydrogen (secondary N) is 1. The molecular formula is C13H19NOS. The molecule has 0 saturated carbocycles. The fourth-order valence-electron chi connectivity index (χ4n) is 2.26. The molecule has 0 bridgehead atoms. The average molecular weight is 237 g/mol. The number of methoxy groups -OCH3 is 1. The maximum Gasteiger partial charge on any atom is 0.132 e. The zero-order valence-corrected chi connectivity index (χ0v) is 10.8. The predicted octanol–water partition coefficient (Wildman–Crippen LogP) is 2.88. The summed E-state index contributed by atoms with van der Waals surface area (Å²) in [6.45, 7) is 2.29. The summed E-state index contributed by atoms with van der Waals surface area (Å²) in [4.78, 5) is 1.25. The largest absolute Gasteiger partial charge is 0.496 e. The molecule has 0 unspecified atom stereocenters. The number of ether oxygens (including phenoxy) is 1. The molecule has 1 aliphatic heterocycles. The molecule has 1 aromatic carbocycles. The highest BCUT2D eigenvalue weighted by atomic mass is 32.2. The lowest BCUT2D eigenvalue weighted by molar-refractivity contribution is 0.403. The van der Waals surface area contributed by atoms with E-state index in [9.17, 15) is 0 Å². The van der Waals surface area contributed by atoms with E-state index in [1.165, 1.54) is 23.3 Å². The summed E-state index contributed by atoms with van der Waals surface area (Å²) in [6, 6.07) is 6.61. The van der Waals surface area contributed by atoms with E-state index in [1.54, 1.807) is 18.9 Å². The van der Waals surface area contributed by atoms with Gasteiger partial charge in [-0.25, -0.2) is 0 Å². The van der Waals surface area contributed by atoms with E-state index >= 15 is 0 Å². The summed E-state index contributed by atoms with van der Waals surface area (Å²) in [7, 11) is 1.74. The van der Waals surface area contributed by atoms with Crippen LogP contribution in [0.2, 0.25) is 0 Å². The van der Waals surface area contributed by atoms with Crippen LogP contribution in [-0.2, 0) is 0 Å². The highest BCUT2D eigenvalue weighted by Gasteiger charge is 2.16. The molecule has 0 radical (unpaired) electrons. The minimum absolute atomic E-state index is 0.720. The molecule has 1 aliphatic rings. The first-order chi connectivity index (χ1) is 7.85. The topological polar surface area (TPSA) is 21.3 Å². The summed E-state index contributed by atoms with van der Waals surface area (Å²) < 4.78 is 5.35. The quantitative estimate of drug-likeness (QED) is 0.817. The van der Waals surface area contributed by atoms with Gasteiger partial charge in [-0.15, -0.1) is 11.8 Å². The standard InChI is InChI=1S/C13H19NOS/c1-15-12-4-3-11(9-13(12)16-2)10-5-7-14-8-6-10/h3-4,9-10,14H,5-8H2,1-2H3. The van der Waals surface area contributed by atoms with Crippen LogP contribution >= 0.6 is 11.8 Å². The Morgan fingerprint density at radius 1 is 1.31 bits per heavy atom. The molecule has 1 aromatic rings. The van der Waals surface area contributed by atoms with Crippen LogP contribution in [0.15, 0.2) is 23.1 Å². The molecule has 0 aliphatic carbocycles. The second kappa shape index (κ2) is 5.60. The smallest absolute Gasteiger partial charge is 0.132 e. The van der Waals surface area contributed by atoms with Crippen molar-refractivity contribution >= 4 is 11.8 Å². The molecule has 0 aromatic heterocycles. The third-order valence-corrected chi connectivity index (χ3v) is 3.98. The lowest BCUT2D eigenvalue weighted by atomic mass is 9.90. The van der Waals surface area contributed by atoms with Gasteiger partial charge < -0.3 is 10.1 Å². The van der Waals surface area contributed by atoms with Crippen molar-refractivity contribution in [3.05, 3.63) is 23.8 Å². The fraction of sp³-hybridized carbons (Fsp3) is 0.538. The van der Waals surface area contributed by atoms with Gasteiger partial charge in [0.05, 0.1) is 7.11 Å². The van der Waals surface area contributed by atoms with Crippen LogP contribution in [0.1, 0.15) is 24.3 Å². The molecule has 2 nitrogen and oxygen atoms in total. The van der Waals surface area contributed by atoms with Crippen molar-refractivity contribution in [2.24, 2.45) is 0 Å². The Bertz CT molecular complexity index is 348. The Kier molecular flexibility index (Phi) is 4.13. The normalized spacial score (nSPS) is 17.4. The Labute approximate surface area is 102 Å². The molecule has 1 saturated heterocycles. The summed E-state index contributed by atoms with van der Waals surface area (Å²) in [5.74, 6) is 1.71. The zero-order valence-electron chi connectivity index (χ0n) is 9.95. The number of thioether (sulfide) groups is 1. The maximum absolute atomic E-state index is 5.35. The van der Waals surface area contributed by atoms with E-state index in [2.05, 4.69) is 29.8 Å². The van der Waals surface area contributed by atoms with Crippen molar-refractivity contribution in [3.8, 4) is 5.75 Å². The van der Waals surface area contributed by atoms with Gasteiger partial charge in [-0.05, 0) is 55.8 Å². The van der Waals surface area contributed by atoms with Crippen LogP contribution < -0.4 is 10.1 Å². The van der Waals surface area contributed by atoms with E-state index in [-0.39, 0.29) is 0 Å². The van der Waals surface area contributed by atoms with Gasteiger partial charge in [0.25, 0.3) is 0 Å². The summed E-state index contributed by atoms with van der Waals surface area (Å²) in [6.07, 6.45) is 4.60. The average Bonchev–Trinajstić information content (AvgIpc) is 2.39. The monoisotopic (exact) mass is 237 g/mol. The number of hydrogen-bond acceptors (Lipinski definition) is 3. The molecular weight excluding hydrogens is 218 g/mol. The SMILES string of the molecule is COc1ccc(C2CCNCC2)cc1SC. The van der Waals surface area contributed by atoms with E-state index in [1.807, 2.05) is 0 Å². The molecule has 0 spiro atoms. The number of piperidine rings is 1. The van der Waals surface area contributed by atoms with Crippen LogP contribution in [0.5, 0.6) is 5.75 Å². The van der Waals surface area contributed by atoms with Gasteiger partial charge in [0, 0.05) is 4.90 Å². The van der Waals surface area contributed by atoms with Crippen molar-refractivity contribution in [2.75, 3.05) is 26.5 Å². The van der Waals surface area contributed by atoms with Crippen LogP contribution in [0.3, 0.4) is 0 Å². The van der Waals surface area contributed by atoms with Crippen LogP contribution in [0.4, 0.5) is 0 Å². The summed E-state index contributed by atoms with van der Waals surface area (Å²) in [5.41, 5.74) is 1.46. The van der Waals surface area contributed by atoms with Gasteiger partial charge >= 0.3 is 0 Å². The molecule has 1 heterocycles. The van der Waals surface area contributed by atoms with E-state index in [0.717, 1.165) is 24.8 Å². The first-order valence-electron chi connectivity index (χ1n) is 5.78. The summed E-state index contributed by atoms with van der Waals surface area (Å²) >= 11 is 1.76. The van der Waals surface area contributed by atoms with Gasteiger partial charge in [-0.2, -0.15) is 0 Å². The maximum atomic E-state index is 5.35. The zero-order chi connectivity index (χ0) is 11.4. The minimum atomic E-state index is 0.720. The van der Waals surface area contributed by atoms with E-state index in [4.69, 9.17) is 4.74 Å². The van der Waals surface area contributed by atoms with Gasteiger partial charge in [0.15, 0.2) is 0 Å². The van der Waals surface area contributed by atoms with Crippen molar-refractivity contribution in [3.63, 3.8) is 0 Å². The highest BCUT2D eigenvalue weighted by molar-refractivity contribution is 7.98. The lowest BCUT2D eigenvalue weighted by Gasteiger charge is -2.23. The van der Waals surface area contributed by atoms with Crippen molar-refractivity contribution in [1.82, 2.24) is 5.32 Å². The van der Waals surface area contributed by atoms with Crippen molar-refractivity contribution in [1.29, 1.82) is 0 Å². The Hall–Kier alpha value is -0.670. The van der Waals surface area contributed by atoms with E-state index in [0.29, 0.717) is 0 Å². The van der Waals surface area contributed by atoms with Gasteiger partial charge in [0.1, 0.15) is 5.75 Å². The summed E-state index contributed by atoms with van der Waals surface area (Å²) in [5, 5.41) is 3.41. The first-order valence-corrected chi connectivity index (χ1v) is 7.00. The Balaban J connectivity index is 2.20. The Morgan fingerprint density at radius 2 is 2.06 bits per heavy atom. The Morgan fingerprint density at radius 3 is 2.69 bits per heavy atom. The second-order valence-electron chi connectivity index (χ2n) is 4.14. The fourth-order valence-corrected chi connectivity index (χ4v) is 2.87. The van der Waals surface area contributed by atoms with Gasteiger partial charge in [-0.3, -0.25) is 0 Å². The van der Waals surface area contributed by atoms with Gasteiger partial charge in [-0.1, -0.05) is 6.07 Å². The molecule has 0 atom stereocenters. The van der Waals surface area contributed by atoms with Crippen LogP contribution in [0.25, 0.3) is 0 Å². The third-order valence-electron chi connectivity index (χ3n) is 3.22. The molecule has 1 fully saturated rings. The van der Waals surface area contributed by atoms with Gasteiger partial charge in [0.2, 0.25) is 0 Å². The molecule has 88 valence electrons. The minimum Gasteiger partial charge on any atom is -0.496 e. The highest BCUT2D eigenvalue weighted by Crippen LogP contribution is 2.33. The number of benzene rings is 1. The predicted molar refractivity (Wildman–Crippen MR) is 69.6 cm³/mol. The lowest BCUT2D eigenvalue weighted by Crippen LogP contribution is -2.26. The van der Waals surface area contributed by atoms with Crippen LogP contribution in [0, 0.1) is 0 Å². The molecule has 16 heavy (non-hydrogen) atoms. The molecule has 3 heteroatoms. The van der Waals surface area contributed by atoms with Crippen LogP contribution in [-0.4, -0.2) is 26.5 Å².